The monoisotopic (exact) mass is 162 g/mol. The second kappa shape index (κ2) is 4.73. The SMILES string of the molecule is Cc1ccc(/C=C\CCO)cc1. The van der Waals surface area contributed by atoms with Crippen LogP contribution in [0.2, 0.25) is 0 Å². The van der Waals surface area contributed by atoms with Gasteiger partial charge in [0, 0.05) is 6.61 Å². The van der Waals surface area contributed by atoms with Crippen molar-refractivity contribution in [3.8, 4) is 0 Å². The number of benzene rings is 1. The first-order valence-electron chi connectivity index (χ1n) is 4.17. The predicted octanol–water partition coefficient (Wildman–Crippen LogP) is 2.39. The van der Waals surface area contributed by atoms with Crippen molar-refractivity contribution in [1.29, 1.82) is 0 Å². The zero-order valence-corrected chi connectivity index (χ0v) is 7.33. The van der Waals surface area contributed by atoms with Gasteiger partial charge in [-0.1, -0.05) is 42.0 Å². The summed E-state index contributed by atoms with van der Waals surface area (Å²) in [6.07, 6.45) is 4.73. The minimum absolute atomic E-state index is 0.225. The number of hydrogen-bond acceptors (Lipinski definition) is 1. The largest absolute Gasteiger partial charge is 0.396 e. The summed E-state index contributed by atoms with van der Waals surface area (Å²) in [5.41, 5.74) is 2.46. The zero-order chi connectivity index (χ0) is 8.81. The quantitative estimate of drug-likeness (QED) is 0.723. The molecule has 0 radical (unpaired) electrons. The van der Waals surface area contributed by atoms with Gasteiger partial charge in [-0.3, -0.25) is 0 Å². The molecule has 0 spiro atoms. The molecule has 1 rings (SSSR count). The van der Waals surface area contributed by atoms with Gasteiger partial charge in [-0.2, -0.15) is 0 Å². The van der Waals surface area contributed by atoms with Crippen molar-refractivity contribution in [2.24, 2.45) is 0 Å². The van der Waals surface area contributed by atoms with Crippen molar-refractivity contribution in [3.05, 3.63) is 41.5 Å². The summed E-state index contributed by atoms with van der Waals surface area (Å²) < 4.78 is 0. The summed E-state index contributed by atoms with van der Waals surface area (Å²) in [7, 11) is 0. The average Bonchev–Trinajstić information content (AvgIpc) is 2.09. The van der Waals surface area contributed by atoms with E-state index in [1.807, 2.05) is 12.2 Å². The third-order valence-corrected chi connectivity index (χ3v) is 1.68. The molecule has 0 unspecified atom stereocenters. The topological polar surface area (TPSA) is 20.2 Å². The lowest BCUT2D eigenvalue weighted by Gasteiger charge is -1.93. The van der Waals surface area contributed by atoms with Gasteiger partial charge in [0.15, 0.2) is 0 Å². The number of aliphatic hydroxyl groups excluding tert-OH is 1. The highest BCUT2D eigenvalue weighted by Crippen LogP contribution is 2.04. The lowest BCUT2D eigenvalue weighted by molar-refractivity contribution is 0.303. The maximum atomic E-state index is 8.54. The summed E-state index contributed by atoms with van der Waals surface area (Å²) in [5.74, 6) is 0. The Hall–Kier alpha value is -1.08. The second-order valence-electron chi connectivity index (χ2n) is 2.83. The van der Waals surface area contributed by atoms with Gasteiger partial charge in [-0.25, -0.2) is 0 Å². The molecule has 1 aromatic carbocycles. The molecule has 0 aromatic heterocycles. The minimum atomic E-state index is 0.225. The van der Waals surface area contributed by atoms with Crippen molar-refractivity contribution in [3.63, 3.8) is 0 Å². The molecule has 0 fully saturated rings. The molecule has 1 nitrogen and oxygen atoms in total. The van der Waals surface area contributed by atoms with Crippen LogP contribution in [-0.4, -0.2) is 11.7 Å². The normalized spacial score (nSPS) is 10.8. The number of aryl methyl sites for hydroxylation is 1. The van der Waals surface area contributed by atoms with Crippen molar-refractivity contribution in [2.75, 3.05) is 6.61 Å². The highest BCUT2D eigenvalue weighted by Gasteiger charge is 1.84. The molecule has 1 N–H and O–H groups in total. The lowest BCUT2D eigenvalue weighted by Crippen LogP contribution is -1.76. The second-order valence-corrected chi connectivity index (χ2v) is 2.83. The Morgan fingerprint density at radius 3 is 2.50 bits per heavy atom. The Morgan fingerprint density at radius 2 is 1.92 bits per heavy atom. The molecular formula is C11H14O. The maximum Gasteiger partial charge on any atom is 0.0465 e. The van der Waals surface area contributed by atoms with Crippen LogP contribution in [0.5, 0.6) is 0 Å². The summed E-state index contributed by atoms with van der Waals surface area (Å²) in [6, 6.07) is 8.31. The Bertz CT molecular complexity index is 246. The summed E-state index contributed by atoms with van der Waals surface area (Å²) in [4.78, 5) is 0. The molecule has 0 saturated carbocycles. The molecule has 12 heavy (non-hydrogen) atoms. The molecule has 0 bridgehead atoms. The molecule has 0 heterocycles. The zero-order valence-electron chi connectivity index (χ0n) is 7.33. The van der Waals surface area contributed by atoms with Gasteiger partial charge >= 0.3 is 0 Å². The Labute approximate surface area is 73.4 Å². The minimum Gasteiger partial charge on any atom is -0.396 e. The van der Waals surface area contributed by atoms with Crippen molar-refractivity contribution in [2.45, 2.75) is 13.3 Å². The van der Waals surface area contributed by atoms with Crippen LogP contribution >= 0.6 is 0 Å². The molecule has 1 aromatic rings. The van der Waals surface area contributed by atoms with E-state index < -0.39 is 0 Å². The number of aliphatic hydroxyl groups is 1. The van der Waals surface area contributed by atoms with E-state index in [0.717, 1.165) is 6.42 Å². The van der Waals surface area contributed by atoms with Crippen molar-refractivity contribution >= 4 is 6.08 Å². The third-order valence-electron chi connectivity index (χ3n) is 1.68. The van der Waals surface area contributed by atoms with E-state index in [4.69, 9.17) is 5.11 Å². The first-order chi connectivity index (χ1) is 5.83. The molecule has 0 aliphatic rings. The van der Waals surface area contributed by atoms with E-state index in [1.165, 1.54) is 11.1 Å². The first-order valence-corrected chi connectivity index (χ1v) is 4.17. The highest BCUT2D eigenvalue weighted by molar-refractivity contribution is 5.49. The van der Waals surface area contributed by atoms with E-state index in [2.05, 4.69) is 31.2 Å². The van der Waals surface area contributed by atoms with Gasteiger partial charge in [0.05, 0.1) is 0 Å². The van der Waals surface area contributed by atoms with Crippen LogP contribution in [0.3, 0.4) is 0 Å². The van der Waals surface area contributed by atoms with E-state index in [0.29, 0.717) is 0 Å². The fraction of sp³-hybridized carbons (Fsp3) is 0.273. The van der Waals surface area contributed by atoms with Crippen LogP contribution in [-0.2, 0) is 0 Å². The van der Waals surface area contributed by atoms with Gasteiger partial charge in [0.2, 0.25) is 0 Å². The highest BCUT2D eigenvalue weighted by atomic mass is 16.2. The maximum absolute atomic E-state index is 8.54. The summed E-state index contributed by atoms with van der Waals surface area (Å²) >= 11 is 0. The number of hydrogen-bond donors (Lipinski definition) is 1. The van der Waals surface area contributed by atoms with Crippen LogP contribution in [0.1, 0.15) is 17.5 Å². The van der Waals surface area contributed by atoms with E-state index >= 15 is 0 Å². The Morgan fingerprint density at radius 1 is 1.25 bits per heavy atom. The smallest absolute Gasteiger partial charge is 0.0465 e. The Balaban J connectivity index is 2.58. The van der Waals surface area contributed by atoms with Crippen LogP contribution < -0.4 is 0 Å². The fourth-order valence-electron chi connectivity index (χ4n) is 0.972. The average molecular weight is 162 g/mol. The van der Waals surface area contributed by atoms with Gasteiger partial charge in [-0.15, -0.1) is 0 Å². The molecule has 0 aliphatic heterocycles. The molecule has 0 atom stereocenters. The van der Waals surface area contributed by atoms with E-state index in [1.54, 1.807) is 0 Å². The van der Waals surface area contributed by atoms with Gasteiger partial charge in [0.25, 0.3) is 0 Å². The van der Waals surface area contributed by atoms with Gasteiger partial charge < -0.3 is 5.11 Å². The molecule has 0 amide bonds. The molecule has 0 saturated heterocycles. The van der Waals surface area contributed by atoms with Crippen LogP contribution in [0.25, 0.3) is 6.08 Å². The fourth-order valence-corrected chi connectivity index (χ4v) is 0.972. The van der Waals surface area contributed by atoms with Crippen molar-refractivity contribution in [1.82, 2.24) is 0 Å². The summed E-state index contributed by atoms with van der Waals surface area (Å²) in [5, 5.41) is 8.54. The van der Waals surface area contributed by atoms with Crippen molar-refractivity contribution < 1.29 is 5.11 Å². The molecular weight excluding hydrogens is 148 g/mol. The molecule has 1 heteroatoms. The van der Waals surface area contributed by atoms with Crippen LogP contribution in [0, 0.1) is 6.92 Å². The van der Waals surface area contributed by atoms with Gasteiger partial charge in [0.1, 0.15) is 0 Å². The van der Waals surface area contributed by atoms with E-state index in [-0.39, 0.29) is 6.61 Å². The van der Waals surface area contributed by atoms with Gasteiger partial charge in [-0.05, 0) is 18.9 Å². The lowest BCUT2D eigenvalue weighted by atomic mass is 10.1. The standard InChI is InChI=1S/C11H14O/c1-10-5-7-11(8-6-10)4-2-3-9-12/h2,4-8,12H,3,9H2,1H3/b4-2-. The molecule has 64 valence electrons. The molecule has 0 aliphatic carbocycles. The first kappa shape index (κ1) is 9.01. The summed E-state index contributed by atoms with van der Waals surface area (Å²) in [6.45, 7) is 2.30. The van der Waals surface area contributed by atoms with Crippen LogP contribution in [0.15, 0.2) is 30.3 Å². The predicted molar refractivity (Wildman–Crippen MR) is 51.9 cm³/mol. The third kappa shape index (κ3) is 2.89. The van der Waals surface area contributed by atoms with Crippen LogP contribution in [0.4, 0.5) is 0 Å². The Kier molecular flexibility index (Phi) is 3.55. The number of rotatable bonds is 3. The van der Waals surface area contributed by atoms with E-state index in [9.17, 15) is 0 Å².